The molecule has 2 atom stereocenters. The van der Waals surface area contributed by atoms with Gasteiger partial charge in [-0.25, -0.2) is 0 Å². The van der Waals surface area contributed by atoms with Crippen molar-refractivity contribution in [3.05, 3.63) is 10.8 Å². The van der Waals surface area contributed by atoms with Crippen molar-refractivity contribution in [1.29, 1.82) is 0 Å². The molecule has 0 amide bonds. The smallest absolute Gasteiger partial charge is 0.270 e. The summed E-state index contributed by atoms with van der Waals surface area (Å²) in [6, 6.07) is 0. The number of hydrogen-bond acceptors (Lipinski definition) is 7. The Kier molecular flexibility index (Phi) is 6.52. The lowest BCUT2D eigenvalue weighted by Crippen LogP contribution is -2.33. The molecule has 0 radical (unpaired) electrons. The second-order valence-electron chi connectivity index (χ2n) is 7.14. The third kappa shape index (κ3) is 5.91. The molecule has 0 saturated carbocycles. The fraction of sp³-hybridized carbons (Fsp3) is 0.750. The van der Waals surface area contributed by atoms with E-state index in [-0.39, 0.29) is 18.1 Å². The van der Waals surface area contributed by atoms with Crippen LogP contribution in [0.2, 0.25) is 0 Å². The zero-order chi connectivity index (χ0) is 17.8. The molecule has 2 unspecified atom stereocenters. The lowest BCUT2D eigenvalue weighted by molar-refractivity contribution is 0.00872. The molecule has 0 aliphatic carbocycles. The van der Waals surface area contributed by atoms with E-state index >= 15 is 0 Å². The van der Waals surface area contributed by atoms with Crippen LogP contribution in [0, 0.1) is 5.41 Å². The molecule has 0 aromatic carbocycles. The molecule has 0 saturated heterocycles. The van der Waals surface area contributed by atoms with Crippen molar-refractivity contribution in [2.24, 2.45) is 5.41 Å². The van der Waals surface area contributed by atoms with E-state index in [1.165, 1.54) is 11.3 Å². The number of hydrogen-bond donors (Lipinski definition) is 0. The van der Waals surface area contributed by atoms with Gasteiger partial charge in [0, 0.05) is 17.4 Å². The molecule has 1 aromatic heterocycles. The topological polar surface area (TPSA) is 71.1 Å². The molecule has 0 N–H and O–H groups in total. The van der Waals surface area contributed by atoms with Gasteiger partial charge in [-0.15, -0.1) is 11.3 Å². The Labute approximate surface area is 148 Å². The fourth-order valence-electron chi connectivity index (χ4n) is 1.93. The van der Waals surface area contributed by atoms with Crippen LogP contribution < -0.4 is 9.47 Å². The zero-order valence-electron chi connectivity index (χ0n) is 14.6. The van der Waals surface area contributed by atoms with Crippen LogP contribution in [0.5, 0.6) is 11.5 Å². The standard InChI is InChI=1S/C16H26O6S2/c1-12(24(17,18)21-11-16(2,3)4)5-6-19-7-13-8-20-14-9-23-10-15(14)22-13/h9-10,12-13H,5-8,11H2,1-4H3. The molecular formula is C16H26O6S2. The minimum Gasteiger partial charge on any atom is -0.485 e. The monoisotopic (exact) mass is 378 g/mol. The summed E-state index contributed by atoms with van der Waals surface area (Å²) in [5.41, 5.74) is -0.192. The highest BCUT2D eigenvalue weighted by atomic mass is 32.2. The maximum Gasteiger partial charge on any atom is 0.270 e. The van der Waals surface area contributed by atoms with Crippen LogP contribution in [-0.4, -0.2) is 46.2 Å². The van der Waals surface area contributed by atoms with Crippen molar-refractivity contribution >= 4 is 21.5 Å². The third-order valence-corrected chi connectivity index (χ3v) is 5.80. The van der Waals surface area contributed by atoms with E-state index in [9.17, 15) is 8.42 Å². The summed E-state index contributed by atoms with van der Waals surface area (Å²) in [5, 5.41) is 3.19. The zero-order valence-corrected chi connectivity index (χ0v) is 16.2. The van der Waals surface area contributed by atoms with Gasteiger partial charge in [0.1, 0.15) is 6.61 Å². The van der Waals surface area contributed by atoms with Crippen LogP contribution in [0.4, 0.5) is 0 Å². The quantitative estimate of drug-likeness (QED) is 0.511. The van der Waals surface area contributed by atoms with Gasteiger partial charge in [-0.1, -0.05) is 20.8 Å². The summed E-state index contributed by atoms with van der Waals surface area (Å²) < 4.78 is 46.1. The molecule has 0 spiro atoms. The number of rotatable bonds is 8. The SMILES string of the molecule is CC(CCOCC1COc2cscc2O1)S(=O)(=O)OCC(C)(C)C. The Bertz CT molecular complexity index is 617. The van der Waals surface area contributed by atoms with E-state index < -0.39 is 15.4 Å². The van der Waals surface area contributed by atoms with Gasteiger partial charge in [0.25, 0.3) is 10.1 Å². The molecular weight excluding hydrogens is 352 g/mol. The Morgan fingerprint density at radius 3 is 2.75 bits per heavy atom. The molecule has 24 heavy (non-hydrogen) atoms. The highest BCUT2D eigenvalue weighted by molar-refractivity contribution is 7.87. The molecule has 2 rings (SSSR count). The van der Waals surface area contributed by atoms with Crippen LogP contribution in [-0.2, 0) is 19.0 Å². The number of fused-ring (bicyclic) bond motifs is 1. The van der Waals surface area contributed by atoms with E-state index in [4.69, 9.17) is 18.4 Å². The maximum absolute atomic E-state index is 12.1. The molecule has 1 aliphatic heterocycles. The van der Waals surface area contributed by atoms with Gasteiger partial charge in [-0.3, -0.25) is 4.18 Å². The van der Waals surface area contributed by atoms with E-state index in [0.717, 1.165) is 11.5 Å². The van der Waals surface area contributed by atoms with E-state index in [1.807, 2.05) is 31.5 Å². The molecule has 138 valence electrons. The Morgan fingerprint density at radius 2 is 2.04 bits per heavy atom. The largest absolute Gasteiger partial charge is 0.485 e. The van der Waals surface area contributed by atoms with Crippen LogP contribution in [0.1, 0.15) is 34.1 Å². The van der Waals surface area contributed by atoms with Gasteiger partial charge in [0.15, 0.2) is 17.6 Å². The van der Waals surface area contributed by atoms with Crippen molar-refractivity contribution in [1.82, 2.24) is 0 Å². The summed E-state index contributed by atoms with van der Waals surface area (Å²) in [6.07, 6.45) is 0.208. The number of thiophene rings is 1. The molecule has 1 aliphatic rings. The lowest BCUT2D eigenvalue weighted by Gasteiger charge is -2.24. The molecule has 0 bridgehead atoms. The molecule has 2 heterocycles. The second-order valence-corrected chi connectivity index (χ2v) is 9.91. The predicted molar refractivity (Wildman–Crippen MR) is 93.5 cm³/mol. The molecule has 6 nitrogen and oxygen atoms in total. The average molecular weight is 379 g/mol. The van der Waals surface area contributed by atoms with Crippen molar-refractivity contribution in [2.75, 3.05) is 26.4 Å². The van der Waals surface area contributed by atoms with Crippen LogP contribution in [0.3, 0.4) is 0 Å². The van der Waals surface area contributed by atoms with E-state index in [1.54, 1.807) is 6.92 Å². The first-order valence-electron chi connectivity index (χ1n) is 7.99. The van der Waals surface area contributed by atoms with Crippen molar-refractivity contribution < 1.29 is 26.8 Å². The van der Waals surface area contributed by atoms with Crippen LogP contribution >= 0.6 is 11.3 Å². The maximum atomic E-state index is 12.1. The molecule has 8 heteroatoms. The van der Waals surface area contributed by atoms with Crippen molar-refractivity contribution in [3.63, 3.8) is 0 Å². The van der Waals surface area contributed by atoms with Crippen molar-refractivity contribution in [2.45, 2.75) is 45.5 Å². The summed E-state index contributed by atoms with van der Waals surface area (Å²) in [7, 11) is -3.57. The first-order chi connectivity index (χ1) is 11.2. The lowest BCUT2D eigenvalue weighted by atomic mass is 9.99. The van der Waals surface area contributed by atoms with Gasteiger partial charge < -0.3 is 14.2 Å². The van der Waals surface area contributed by atoms with E-state index in [0.29, 0.717) is 26.2 Å². The molecule has 0 fully saturated rings. The first kappa shape index (κ1) is 19.5. The van der Waals surface area contributed by atoms with Gasteiger partial charge in [0.05, 0.1) is 18.5 Å². The normalized spacial score (nSPS) is 19.2. The predicted octanol–water partition coefficient (Wildman–Crippen LogP) is 3.08. The van der Waals surface area contributed by atoms with Crippen LogP contribution in [0.25, 0.3) is 0 Å². The minimum atomic E-state index is -3.57. The second kappa shape index (κ2) is 8.03. The van der Waals surface area contributed by atoms with Gasteiger partial charge in [-0.2, -0.15) is 8.42 Å². The summed E-state index contributed by atoms with van der Waals surface area (Å²) in [5.74, 6) is 1.51. The fourth-order valence-corrected chi connectivity index (χ4v) is 3.73. The number of ether oxygens (including phenoxy) is 3. The summed E-state index contributed by atoms with van der Waals surface area (Å²) in [6.45, 7) is 8.74. The highest BCUT2D eigenvalue weighted by Gasteiger charge is 2.25. The van der Waals surface area contributed by atoms with Crippen LogP contribution in [0.15, 0.2) is 10.8 Å². The Morgan fingerprint density at radius 1 is 1.33 bits per heavy atom. The summed E-state index contributed by atoms with van der Waals surface area (Å²) >= 11 is 1.53. The first-order valence-corrected chi connectivity index (χ1v) is 10.4. The van der Waals surface area contributed by atoms with Gasteiger partial charge >= 0.3 is 0 Å². The van der Waals surface area contributed by atoms with Gasteiger partial charge in [-0.05, 0) is 18.8 Å². The Hall–Kier alpha value is -0.830. The van der Waals surface area contributed by atoms with Gasteiger partial charge in [0.2, 0.25) is 0 Å². The average Bonchev–Trinajstić information content (AvgIpc) is 2.96. The highest BCUT2D eigenvalue weighted by Crippen LogP contribution is 2.35. The summed E-state index contributed by atoms with van der Waals surface area (Å²) in [4.78, 5) is 0. The van der Waals surface area contributed by atoms with Crippen molar-refractivity contribution in [3.8, 4) is 11.5 Å². The third-order valence-electron chi connectivity index (χ3n) is 3.43. The minimum absolute atomic E-state index is 0.170. The van der Waals surface area contributed by atoms with E-state index in [2.05, 4.69) is 0 Å². The molecule has 1 aromatic rings. The Balaban J connectivity index is 1.67.